The molecule has 1 aromatic carbocycles. The maximum Gasteiger partial charge on any atom is 0.244 e. The molecule has 0 fully saturated rings. The van der Waals surface area contributed by atoms with Crippen LogP contribution in [-0.2, 0) is 17.6 Å². The average molecular weight is 340 g/mol. The number of rotatable bonds is 8. The van der Waals surface area contributed by atoms with Gasteiger partial charge in [0.1, 0.15) is 0 Å². The van der Waals surface area contributed by atoms with E-state index in [1.165, 1.54) is 17.2 Å². The van der Waals surface area contributed by atoms with Gasteiger partial charge in [0.15, 0.2) is 0 Å². The van der Waals surface area contributed by atoms with E-state index >= 15 is 0 Å². The van der Waals surface area contributed by atoms with E-state index < -0.39 is 6.10 Å². The largest absolute Gasteiger partial charge is 0.390 e. The predicted molar refractivity (Wildman–Crippen MR) is 102 cm³/mol. The molecule has 0 heterocycles. The summed E-state index contributed by atoms with van der Waals surface area (Å²) in [5.74, 6) is -0.197. The first-order chi connectivity index (χ1) is 12.1. The average Bonchev–Trinajstić information content (AvgIpc) is 3.01. The first-order valence-electron chi connectivity index (χ1n) is 8.82. The molecule has 0 radical (unpaired) electrons. The molecule has 134 valence electrons. The van der Waals surface area contributed by atoms with Gasteiger partial charge in [-0.25, -0.2) is 0 Å². The van der Waals surface area contributed by atoms with Crippen LogP contribution >= 0.6 is 0 Å². The molecule has 2 rings (SSSR count). The van der Waals surface area contributed by atoms with E-state index in [4.69, 9.17) is 0 Å². The van der Waals surface area contributed by atoms with Crippen molar-refractivity contribution in [2.75, 3.05) is 13.1 Å². The van der Waals surface area contributed by atoms with Crippen molar-refractivity contribution >= 4 is 5.91 Å². The van der Waals surface area contributed by atoms with Gasteiger partial charge >= 0.3 is 0 Å². The lowest BCUT2D eigenvalue weighted by Gasteiger charge is -2.16. The number of hydrogen-bond acceptors (Lipinski definition) is 3. The normalized spacial score (nSPS) is 16.5. The molecule has 0 saturated carbocycles. The molecule has 1 unspecified atom stereocenters. The van der Waals surface area contributed by atoms with Gasteiger partial charge in [-0.1, -0.05) is 54.1 Å². The lowest BCUT2D eigenvalue weighted by atomic mass is 10.1. The third-order valence-corrected chi connectivity index (χ3v) is 4.24. The molecular weight excluding hydrogens is 312 g/mol. The Hall–Kier alpha value is -2.17. The Morgan fingerprint density at radius 3 is 2.56 bits per heavy atom. The monoisotopic (exact) mass is 340 g/mol. The number of nitrogens with one attached hydrogen (secondary N) is 2. The summed E-state index contributed by atoms with van der Waals surface area (Å²) >= 11 is 0. The summed E-state index contributed by atoms with van der Waals surface area (Å²) in [5.41, 5.74) is 3.84. The van der Waals surface area contributed by atoms with Crippen molar-refractivity contribution in [2.45, 2.75) is 38.8 Å². The van der Waals surface area contributed by atoms with Gasteiger partial charge in [0.05, 0.1) is 6.10 Å². The van der Waals surface area contributed by atoms with Crippen LogP contribution < -0.4 is 10.6 Å². The van der Waals surface area contributed by atoms with E-state index in [1.54, 1.807) is 6.08 Å². The van der Waals surface area contributed by atoms with E-state index in [1.807, 2.05) is 32.1 Å². The van der Waals surface area contributed by atoms with Crippen molar-refractivity contribution < 1.29 is 9.90 Å². The molecule has 0 saturated heterocycles. The lowest BCUT2D eigenvalue weighted by Crippen LogP contribution is -2.41. The van der Waals surface area contributed by atoms with Crippen LogP contribution in [0.2, 0.25) is 0 Å². The third kappa shape index (κ3) is 6.69. The second-order valence-corrected chi connectivity index (χ2v) is 6.45. The molecule has 3 N–H and O–H groups in total. The summed E-state index contributed by atoms with van der Waals surface area (Å²) in [5, 5.41) is 16.1. The number of benzene rings is 1. The highest BCUT2D eigenvalue weighted by molar-refractivity contribution is 5.87. The van der Waals surface area contributed by atoms with Crippen molar-refractivity contribution in [3.63, 3.8) is 0 Å². The first-order valence-corrected chi connectivity index (χ1v) is 8.82. The first kappa shape index (κ1) is 19.2. The smallest absolute Gasteiger partial charge is 0.244 e. The lowest BCUT2D eigenvalue weighted by molar-refractivity contribution is -0.116. The fourth-order valence-electron chi connectivity index (χ4n) is 2.96. The highest BCUT2D eigenvalue weighted by Gasteiger charge is 2.20. The van der Waals surface area contributed by atoms with Crippen LogP contribution in [0.4, 0.5) is 0 Å². The fraction of sp³-hybridized carbons (Fsp3) is 0.381. The number of aliphatic hydroxyl groups is 1. The SMILES string of the molecule is C\C=C/C(C)=C\C=C\C(=O)NCC(O)CNC1Cc2ccccc2C1. The highest BCUT2D eigenvalue weighted by atomic mass is 16.3. The minimum atomic E-state index is -0.596. The number of amides is 1. The second-order valence-electron chi connectivity index (χ2n) is 6.45. The summed E-state index contributed by atoms with van der Waals surface area (Å²) in [6.07, 6.45) is 10.4. The van der Waals surface area contributed by atoms with Crippen molar-refractivity contribution in [2.24, 2.45) is 0 Å². The fourth-order valence-corrected chi connectivity index (χ4v) is 2.96. The van der Waals surface area contributed by atoms with Gasteiger partial charge in [-0.15, -0.1) is 0 Å². The molecule has 1 aliphatic rings. The van der Waals surface area contributed by atoms with Crippen molar-refractivity contribution in [1.29, 1.82) is 0 Å². The molecule has 1 aromatic rings. The number of hydrogen-bond donors (Lipinski definition) is 3. The van der Waals surface area contributed by atoms with Crippen molar-refractivity contribution in [3.05, 3.63) is 71.3 Å². The van der Waals surface area contributed by atoms with Crippen LogP contribution in [0.15, 0.2) is 60.2 Å². The van der Waals surface area contributed by atoms with Crippen LogP contribution in [0.1, 0.15) is 25.0 Å². The Morgan fingerprint density at radius 2 is 1.92 bits per heavy atom. The topological polar surface area (TPSA) is 61.4 Å². The van der Waals surface area contributed by atoms with E-state index in [-0.39, 0.29) is 12.5 Å². The quantitative estimate of drug-likeness (QED) is 0.503. The van der Waals surface area contributed by atoms with E-state index in [0.29, 0.717) is 12.6 Å². The zero-order valence-electron chi connectivity index (χ0n) is 15.0. The Bertz CT molecular complexity index is 637. The number of carbonyl (C=O) groups is 1. The van der Waals surface area contributed by atoms with Gasteiger partial charge < -0.3 is 15.7 Å². The van der Waals surface area contributed by atoms with Gasteiger partial charge in [0.2, 0.25) is 5.91 Å². The van der Waals surface area contributed by atoms with Gasteiger partial charge in [-0.05, 0) is 37.8 Å². The standard InChI is InChI=1S/C21H28N2O2/c1-3-7-16(2)8-6-11-21(25)23-15-20(24)14-22-19-12-17-9-4-5-10-18(17)13-19/h3-11,19-20,22,24H,12-15H2,1-2H3,(H,23,25)/b7-3-,11-6+,16-8-. The molecule has 1 amide bonds. The van der Waals surface area contributed by atoms with Crippen molar-refractivity contribution in [1.82, 2.24) is 10.6 Å². The van der Waals surface area contributed by atoms with Gasteiger partial charge in [0.25, 0.3) is 0 Å². The molecule has 0 spiro atoms. The Kier molecular flexibility index (Phi) is 7.64. The zero-order chi connectivity index (χ0) is 18.1. The third-order valence-electron chi connectivity index (χ3n) is 4.24. The molecule has 1 aliphatic carbocycles. The molecular formula is C21H28N2O2. The van der Waals surface area contributed by atoms with Gasteiger partial charge in [-0.2, -0.15) is 0 Å². The molecule has 1 atom stereocenters. The molecule has 0 aliphatic heterocycles. The maximum absolute atomic E-state index is 11.7. The molecule has 4 nitrogen and oxygen atoms in total. The van der Waals surface area contributed by atoms with Gasteiger partial charge in [0, 0.05) is 25.2 Å². The zero-order valence-corrected chi connectivity index (χ0v) is 15.0. The molecule has 25 heavy (non-hydrogen) atoms. The summed E-state index contributed by atoms with van der Waals surface area (Å²) < 4.78 is 0. The molecule has 4 heteroatoms. The number of fused-ring (bicyclic) bond motifs is 1. The Labute approximate surface area is 150 Å². The number of carbonyl (C=O) groups excluding carboxylic acids is 1. The summed E-state index contributed by atoms with van der Waals surface area (Å²) in [4.78, 5) is 11.7. The molecule has 0 bridgehead atoms. The van der Waals surface area contributed by atoms with Crippen molar-refractivity contribution in [3.8, 4) is 0 Å². The summed E-state index contributed by atoms with van der Waals surface area (Å²) in [7, 11) is 0. The van der Waals surface area contributed by atoms with Crippen LogP contribution in [0, 0.1) is 0 Å². The van der Waals surface area contributed by atoms with Crippen LogP contribution in [-0.4, -0.2) is 36.2 Å². The Morgan fingerprint density at radius 1 is 1.24 bits per heavy atom. The summed E-state index contributed by atoms with van der Waals surface area (Å²) in [6, 6.07) is 8.81. The van der Waals surface area contributed by atoms with Gasteiger partial charge in [-0.3, -0.25) is 4.79 Å². The number of allylic oxidation sites excluding steroid dienone is 5. The maximum atomic E-state index is 11.7. The summed E-state index contributed by atoms with van der Waals surface area (Å²) in [6.45, 7) is 4.64. The predicted octanol–water partition coefficient (Wildman–Crippen LogP) is 2.30. The minimum Gasteiger partial charge on any atom is -0.390 e. The van der Waals surface area contributed by atoms with Crippen LogP contribution in [0.5, 0.6) is 0 Å². The Balaban J connectivity index is 1.64. The highest BCUT2D eigenvalue weighted by Crippen LogP contribution is 2.21. The number of aliphatic hydroxyl groups excluding tert-OH is 1. The van der Waals surface area contributed by atoms with E-state index in [0.717, 1.165) is 18.4 Å². The van der Waals surface area contributed by atoms with E-state index in [9.17, 15) is 9.90 Å². The van der Waals surface area contributed by atoms with Crippen LogP contribution in [0.3, 0.4) is 0 Å². The van der Waals surface area contributed by atoms with E-state index in [2.05, 4.69) is 34.9 Å². The molecule has 0 aromatic heterocycles. The second kappa shape index (κ2) is 9.97. The minimum absolute atomic E-state index is 0.197. The van der Waals surface area contributed by atoms with Crippen LogP contribution in [0.25, 0.3) is 0 Å².